The maximum atomic E-state index is 6.75. The van der Waals surface area contributed by atoms with Crippen LogP contribution in [0.25, 0.3) is 109 Å². The van der Waals surface area contributed by atoms with E-state index >= 15 is 0 Å². The van der Waals surface area contributed by atoms with Gasteiger partial charge in [-0.2, -0.15) is 0 Å². The molecule has 0 aliphatic carbocycles. The Morgan fingerprint density at radius 2 is 1.05 bits per heavy atom. The maximum absolute atomic E-state index is 6.75. The molecule has 0 aliphatic rings. The fourth-order valence-electron chi connectivity index (χ4n) is 7.93. The quantitative estimate of drug-likeness (QED) is 0.171. The molecular weight excluding hydrogens is 703 g/mol. The van der Waals surface area contributed by atoms with E-state index in [0.717, 1.165) is 77.8 Å². The third kappa shape index (κ3) is 5.48. The van der Waals surface area contributed by atoms with Crippen LogP contribution in [-0.2, 0) is 0 Å². The highest BCUT2D eigenvalue weighted by atomic mass is 32.1. The summed E-state index contributed by atoms with van der Waals surface area (Å²) in [5.74, 6) is 0.676. The van der Waals surface area contributed by atoms with E-state index < -0.39 is 0 Å². The minimum absolute atomic E-state index is 0.676. The van der Waals surface area contributed by atoms with Crippen LogP contribution < -0.4 is 0 Å². The zero-order chi connectivity index (χ0) is 37.0. The lowest BCUT2D eigenvalue weighted by Gasteiger charge is -2.12. The van der Waals surface area contributed by atoms with Crippen molar-refractivity contribution in [3.8, 4) is 67.3 Å². The number of fused-ring (bicyclic) bond motifs is 6. The van der Waals surface area contributed by atoms with Crippen molar-refractivity contribution < 1.29 is 4.42 Å². The van der Waals surface area contributed by atoms with Crippen LogP contribution in [0.4, 0.5) is 0 Å². The zero-order valence-corrected chi connectivity index (χ0v) is 30.9. The SMILES string of the molecule is c1ccc(-c2cc(-c3ccc(-c4cccnc4)cc3)nc(-c3ccc(-c4ccc(-c5cccc6sc7ccccc7c56)c5oc6ccccc6c45)cc3)n2)cc1. The number of hydrogen-bond donors (Lipinski definition) is 0. The van der Waals surface area contributed by atoms with Crippen LogP contribution in [0.3, 0.4) is 0 Å². The smallest absolute Gasteiger partial charge is 0.160 e. The highest BCUT2D eigenvalue weighted by Gasteiger charge is 2.20. The van der Waals surface area contributed by atoms with Crippen LogP contribution in [0, 0.1) is 0 Å². The summed E-state index contributed by atoms with van der Waals surface area (Å²) in [5.41, 5.74) is 13.2. The molecule has 5 heteroatoms. The summed E-state index contributed by atoms with van der Waals surface area (Å²) in [5, 5.41) is 4.76. The molecule has 0 saturated carbocycles. The van der Waals surface area contributed by atoms with E-state index in [4.69, 9.17) is 14.4 Å². The number of benzene rings is 7. The first-order valence-corrected chi connectivity index (χ1v) is 19.5. The van der Waals surface area contributed by atoms with Gasteiger partial charge in [-0.05, 0) is 64.2 Å². The molecule has 0 amide bonds. The molecule has 0 radical (unpaired) electrons. The Balaban J connectivity index is 1.03. The van der Waals surface area contributed by atoms with Gasteiger partial charge in [0.25, 0.3) is 0 Å². The first kappa shape index (κ1) is 32.2. The van der Waals surface area contributed by atoms with Crippen molar-refractivity contribution in [2.75, 3.05) is 0 Å². The molecule has 0 saturated heterocycles. The molecule has 56 heavy (non-hydrogen) atoms. The van der Waals surface area contributed by atoms with Crippen LogP contribution in [0.1, 0.15) is 0 Å². The van der Waals surface area contributed by atoms with Crippen LogP contribution in [0.5, 0.6) is 0 Å². The van der Waals surface area contributed by atoms with Crippen molar-refractivity contribution in [2.45, 2.75) is 0 Å². The number of thiophene rings is 1. The summed E-state index contributed by atoms with van der Waals surface area (Å²) in [4.78, 5) is 14.5. The van der Waals surface area contributed by atoms with Gasteiger partial charge in [0.1, 0.15) is 11.2 Å². The molecule has 4 nitrogen and oxygen atoms in total. The number of pyridine rings is 1. The molecule has 0 spiro atoms. The van der Waals surface area contributed by atoms with E-state index in [9.17, 15) is 0 Å². The molecular formula is C51H31N3OS. The third-order valence-corrected chi connectivity index (χ3v) is 11.8. The van der Waals surface area contributed by atoms with Gasteiger partial charge >= 0.3 is 0 Å². The number of aromatic nitrogens is 3. The fourth-order valence-corrected chi connectivity index (χ4v) is 9.06. The van der Waals surface area contributed by atoms with E-state index in [-0.39, 0.29) is 0 Å². The topological polar surface area (TPSA) is 51.8 Å². The molecule has 7 aromatic carbocycles. The molecule has 4 aromatic heterocycles. The number of nitrogens with zero attached hydrogens (tertiary/aromatic N) is 3. The fraction of sp³-hybridized carbons (Fsp3) is 0. The lowest BCUT2D eigenvalue weighted by Crippen LogP contribution is -1.96. The Bertz CT molecular complexity index is 3220. The second-order valence-corrected chi connectivity index (χ2v) is 15.0. The molecule has 11 aromatic rings. The van der Waals surface area contributed by atoms with E-state index in [1.165, 1.54) is 25.7 Å². The van der Waals surface area contributed by atoms with Crippen LogP contribution in [0.15, 0.2) is 193 Å². The third-order valence-electron chi connectivity index (χ3n) is 10.6. The average Bonchev–Trinajstić information content (AvgIpc) is 3.86. The van der Waals surface area contributed by atoms with Crippen molar-refractivity contribution in [2.24, 2.45) is 0 Å². The van der Waals surface area contributed by atoms with Crippen LogP contribution >= 0.6 is 11.3 Å². The Kier molecular flexibility index (Phi) is 7.64. The first-order chi connectivity index (χ1) is 27.7. The number of rotatable bonds is 6. The number of hydrogen-bond acceptors (Lipinski definition) is 5. The van der Waals surface area contributed by atoms with Crippen LogP contribution in [0.2, 0.25) is 0 Å². The molecule has 0 unspecified atom stereocenters. The summed E-state index contributed by atoms with van der Waals surface area (Å²) in [6.45, 7) is 0. The lowest BCUT2D eigenvalue weighted by atomic mass is 9.92. The molecule has 0 atom stereocenters. The van der Waals surface area contributed by atoms with Crippen LogP contribution in [-0.4, -0.2) is 15.0 Å². The highest BCUT2D eigenvalue weighted by Crippen LogP contribution is 2.46. The molecule has 0 aliphatic heterocycles. The highest BCUT2D eigenvalue weighted by molar-refractivity contribution is 7.25. The van der Waals surface area contributed by atoms with Gasteiger partial charge in [-0.1, -0.05) is 140 Å². The number of furan rings is 1. The predicted octanol–water partition coefficient (Wildman–Crippen LogP) is 14.1. The zero-order valence-electron chi connectivity index (χ0n) is 30.1. The van der Waals surface area contributed by atoms with Gasteiger partial charge in [-0.15, -0.1) is 11.3 Å². The largest absolute Gasteiger partial charge is 0.455 e. The normalized spacial score (nSPS) is 11.6. The van der Waals surface area contributed by atoms with E-state index in [2.05, 4.69) is 151 Å². The van der Waals surface area contributed by atoms with Gasteiger partial charge in [-0.3, -0.25) is 4.98 Å². The molecule has 11 rings (SSSR count). The Morgan fingerprint density at radius 1 is 0.411 bits per heavy atom. The van der Waals surface area contributed by atoms with Gasteiger partial charge in [0.2, 0.25) is 0 Å². The van der Waals surface area contributed by atoms with Gasteiger partial charge in [-0.25, -0.2) is 9.97 Å². The second-order valence-electron chi connectivity index (χ2n) is 14.0. The monoisotopic (exact) mass is 733 g/mol. The average molecular weight is 734 g/mol. The van der Waals surface area contributed by atoms with Gasteiger partial charge in [0.05, 0.1) is 11.4 Å². The second kappa shape index (κ2) is 13.3. The lowest BCUT2D eigenvalue weighted by molar-refractivity contribution is 0.670. The molecule has 4 heterocycles. The molecule has 0 N–H and O–H groups in total. The molecule has 262 valence electrons. The van der Waals surface area contributed by atoms with Crippen molar-refractivity contribution in [3.05, 3.63) is 188 Å². The minimum Gasteiger partial charge on any atom is -0.455 e. The summed E-state index contributed by atoms with van der Waals surface area (Å²) < 4.78 is 9.32. The Labute approximate surface area is 327 Å². The molecule has 0 fully saturated rings. The van der Waals surface area contributed by atoms with Gasteiger partial charge < -0.3 is 4.42 Å². The summed E-state index contributed by atoms with van der Waals surface area (Å²) in [7, 11) is 0. The summed E-state index contributed by atoms with van der Waals surface area (Å²) >= 11 is 1.84. The summed E-state index contributed by atoms with van der Waals surface area (Å²) in [6.07, 6.45) is 3.68. The number of para-hydroxylation sites is 1. The molecule has 0 bridgehead atoms. The standard InChI is InChI=1S/C51H31N3OS/c1-2-10-34(11-3-1)43-30-44(35-23-19-32(20-24-35)37-12-9-29-52-31-37)54-51(53-43)36-25-21-33(22-26-36)38-27-28-40(50-49(38)41-13-4-6-16-45(41)55-50)39-15-8-18-47-48(39)42-14-5-7-17-46(42)56-47/h1-31H. The van der Waals surface area contributed by atoms with Gasteiger partial charge in [0.15, 0.2) is 5.82 Å². The Morgan fingerprint density at radius 3 is 1.86 bits per heavy atom. The van der Waals surface area contributed by atoms with E-state index in [1.807, 2.05) is 47.9 Å². The summed E-state index contributed by atoms with van der Waals surface area (Å²) in [6, 6.07) is 61.7. The van der Waals surface area contributed by atoms with Crippen molar-refractivity contribution in [1.29, 1.82) is 0 Å². The first-order valence-electron chi connectivity index (χ1n) is 18.7. The maximum Gasteiger partial charge on any atom is 0.160 e. The van der Waals surface area contributed by atoms with Crippen molar-refractivity contribution >= 4 is 53.4 Å². The predicted molar refractivity (Wildman–Crippen MR) is 233 cm³/mol. The van der Waals surface area contributed by atoms with E-state index in [1.54, 1.807) is 6.20 Å². The van der Waals surface area contributed by atoms with Crippen molar-refractivity contribution in [1.82, 2.24) is 15.0 Å². The minimum atomic E-state index is 0.676. The van der Waals surface area contributed by atoms with E-state index in [0.29, 0.717) is 5.82 Å². The van der Waals surface area contributed by atoms with Gasteiger partial charge in [0, 0.05) is 65.6 Å². The Hall–Kier alpha value is -7.21. The van der Waals surface area contributed by atoms with Crippen molar-refractivity contribution in [3.63, 3.8) is 0 Å².